The van der Waals surface area contributed by atoms with Crippen molar-refractivity contribution in [2.75, 3.05) is 13.4 Å². The SMILES string of the molecule is C/C(=N\OCC(=O)OC(C)C(=O)NC(=O)NC1CC1)c1ccc2c(c1)OCO2. The zero-order chi connectivity index (χ0) is 20.1. The summed E-state index contributed by atoms with van der Waals surface area (Å²) in [6, 6.07) is 4.81. The van der Waals surface area contributed by atoms with E-state index in [1.54, 1.807) is 25.1 Å². The van der Waals surface area contributed by atoms with Crippen molar-refractivity contribution in [1.82, 2.24) is 10.6 Å². The molecule has 1 aliphatic carbocycles. The van der Waals surface area contributed by atoms with Crippen molar-refractivity contribution in [2.24, 2.45) is 5.16 Å². The monoisotopic (exact) mass is 391 g/mol. The fourth-order valence-corrected chi connectivity index (χ4v) is 2.30. The number of nitrogens with zero attached hydrogens (tertiary/aromatic N) is 1. The summed E-state index contributed by atoms with van der Waals surface area (Å²) in [7, 11) is 0. The predicted molar refractivity (Wildman–Crippen MR) is 96.0 cm³/mol. The van der Waals surface area contributed by atoms with Crippen LogP contribution in [0.2, 0.25) is 0 Å². The van der Waals surface area contributed by atoms with Gasteiger partial charge in [-0.1, -0.05) is 5.16 Å². The Morgan fingerprint density at radius 2 is 2.00 bits per heavy atom. The van der Waals surface area contributed by atoms with Crippen LogP contribution in [0.4, 0.5) is 4.79 Å². The molecule has 1 heterocycles. The van der Waals surface area contributed by atoms with Gasteiger partial charge in [0.2, 0.25) is 13.4 Å². The number of oxime groups is 1. The molecule has 3 amide bonds. The lowest BCUT2D eigenvalue weighted by Gasteiger charge is -2.12. The van der Waals surface area contributed by atoms with Crippen LogP contribution in [0.15, 0.2) is 23.4 Å². The minimum Gasteiger partial charge on any atom is -0.454 e. The van der Waals surface area contributed by atoms with Gasteiger partial charge in [-0.3, -0.25) is 10.1 Å². The molecular weight excluding hydrogens is 370 g/mol. The molecule has 0 saturated heterocycles. The second-order valence-corrected chi connectivity index (χ2v) is 6.39. The molecule has 0 spiro atoms. The molecule has 3 rings (SSSR count). The van der Waals surface area contributed by atoms with Crippen molar-refractivity contribution in [1.29, 1.82) is 0 Å². The first-order valence-corrected chi connectivity index (χ1v) is 8.80. The quantitative estimate of drug-likeness (QED) is 0.405. The van der Waals surface area contributed by atoms with Gasteiger partial charge < -0.3 is 24.4 Å². The number of nitrogens with one attached hydrogen (secondary N) is 2. The van der Waals surface area contributed by atoms with E-state index >= 15 is 0 Å². The summed E-state index contributed by atoms with van der Waals surface area (Å²) in [5.41, 5.74) is 1.26. The molecule has 0 radical (unpaired) electrons. The average Bonchev–Trinajstić information content (AvgIpc) is 3.33. The van der Waals surface area contributed by atoms with Gasteiger partial charge in [0.1, 0.15) is 0 Å². The topological polar surface area (TPSA) is 125 Å². The van der Waals surface area contributed by atoms with E-state index in [1.807, 2.05) is 0 Å². The first-order chi connectivity index (χ1) is 13.4. The maximum absolute atomic E-state index is 11.8. The van der Waals surface area contributed by atoms with E-state index < -0.39 is 30.6 Å². The molecule has 0 bridgehead atoms. The molecule has 1 saturated carbocycles. The molecule has 150 valence electrons. The second-order valence-electron chi connectivity index (χ2n) is 6.39. The van der Waals surface area contributed by atoms with Gasteiger partial charge in [0, 0.05) is 11.6 Å². The Balaban J connectivity index is 1.41. The Morgan fingerprint density at radius 1 is 1.25 bits per heavy atom. The molecule has 1 aromatic carbocycles. The second kappa shape index (κ2) is 8.59. The molecule has 1 unspecified atom stereocenters. The number of hydrogen-bond donors (Lipinski definition) is 2. The Morgan fingerprint density at radius 3 is 2.75 bits per heavy atom. The van der Waals surface area contributed by atoms with E-state index in [4.69, 9.17) is 19.0 Å². The number of amides is 3. The molecule has 0 aromatic heterocycles. The lowest BCUT2D eigenvalue weighted by atomic mass is 10.1. The standard InChI is InChI=1S/C18H21N3O7/c1-10(12-3-6-14-15(7-12)26-9-25-14)21-27-8-16(22)28-11(2)17(23)20-18(24)19-13-4-5-13/h3,6-7,11,13H,4-5,8-9H2,1-2H3,(H2,19,20,23,24)/b21-10+. The maximum atomic E-state index is 11.8. The van der Waals surface area contributed by atoms with E-state index in [0.29, 0.717) is 17.2 Å². The molecule has 1 aliphatic heterocycles. The highest BCUT2D eigenvalue weighted by Crippen LogP contribution is 2.32. The molecule has 2 N–H and O–H groups in total. The first kappa shape index (κ1) is 19.5. The number of hydrogen-bond acceptors (Lipinski definition) is 8. The zero-order valence-electron chi connectivity index (χ0n) is 15.5. The number of carbonyl (C=O) groups is 3. The molecule has 10 heteroatoms. The Bertz CT molecular complexity index is 804. The number of imide groups is 1. The Hall–Kier alpha value is -3.30. The van der Waals surface area contributed by atoms with Crippen molar-refractivity contribution in [3.8, 4) is 11.5 Å². The van der Waals surface area contributed by atoms with E-state index in [0.717, 1.165) is 18.4 Å². The highest BCUT2D eigenvalue weighted by molar-refractivity contribution is 5.99. The van der Waals surface area contributed by atoms with Crippen LogP contribution in [0, 0.1) is 0 Å². The summed E-state index contributed by atoms with van der Waals surface area (Å²) in [6.07, 6.45) is 0.658. The molecular formula is C18H21N3O7. The molecule has 1 atom stereocenters. The van der Waals surface area contributed by atoms with Crippen molar-refractivity contribution in [2.45, 2.75) is 38.8 Å². The van der Waals surface area contributed by atoms with Crippen LogP contribution in [0.5, 0.6) is 11.5 Å². The van der Waals surface area contributed by atoms with Gasteiger partial charge in [0.15, 0.2) is 17.6 Å². The Labute approximate surface area is 161 Å². The number of benzene rings is 1. The summed E-state index contributed by atoms with van der Waals surface area (Å²) >= 11 is 0. The molecule has 28 heavy (non-hydrogen) atoms. The fourth-order valence-electron chi connectivity index (χ4n) is 2.30. The van der Waals surface area contributed by atoms with E-state index in [1.165, 1.54) is 6.92 Å². The normalized spacial score (nSPS) is 16.1. The Kier molecular flexibility index (Phi) is 5.97. The molecule has 2 aliphatic rings. The van der Waals surface area contributed by atoms with Gasteiger partial charge >= 0.3 is 12.0 Å². The van der Waals surface area contributed by atoms with E-state index in [-0.39, 0.29) is 12.8 Å². The first-order valence-electron chi connectivity index (χ1n) is 8.80. The van der Waals surface area contributed by atoms with E-state index in [2.05, 4.69) is 15.8 Å². The lowest BCUT2D eigenvalue weighted by molar-refractivity contribution is -0.158. The molecule has 1 fully saturated rings. The number of carbonyl (C=O) groups excluding carboxylic acids is 3. The van der Waals surface area contributed by atoms with Crippen LogP contribution in [-0.4, -0.2) is 49.2 Å². The number of rotatable bonds is 7. The third-order valence-corrected chi connectivity index (χ3v) is 4.00. The summed E-state index contributed by atoms with van der Waals surface area (Å²) in [5.74, 6) is -0.241. The zero-order valence-corrected chi connectivity index (χ0v) is 15.5. The fraction of sp³-hybridized carbons (Fsp3) is 0.444. The number of ether oxygens (including phenoxy) is 3. The lowest BCUT2D eigenvalue weighted by Crippen LogP contribution is -2.45. The maximum Gasteiger partial charge on any atom is 0.347 e. The van der Waals surface area contributed by atoms with Crippen LogP contribution >= 0.6 is 0 Å². The van der Waals surface area contributed by atoms with E-state index in [9.17, 15) is 14.4 Å². The van der Waals surface area contributed by atoms with Crippen molar-refractivity contribution >= 4 is 23.6 Å². The molecule has 10 nitrogen and oxygen atoms in total. The highest BCUT2D eigenvalue weighted by Gasteiger charge is 2.26. The largest absolute Gasteiger partial charge is 0.454 e. The minimum atomic E-state index is -1.14. The summed E-state index contributed by atoms with van der Waals surface area (Å²) in [5, 5.41) is 8.57. The summed E-state index contributed by atoms with van der Waals surface area (Å²) < 4.78 is 15.4. The smallest absolute Gasteiger partial charge is 0.347 e. The highest BCUT2D eigenvalue weighted by atomic mass is 16.7. The van der Waals surface area contributed by atoms with Crippen LogP contribution in [0.3, 0.4) is 0 Å². The van der Waals surface area contributed by atoms with Gasteiger partial charge in [0.05, 0.1) is 5.71 Å². The third kappa shape index (κ3) is 5.35. The van der Waals surface area contributed by atoms with Gasteiger partial charge in [-0.2, -0.15) is 0 Å². The average molecular weight is 391 g/mol. The van der Waals surface area contributed by atoms with Crippen LogP contribution < -0.4 is 20.1 Å². The van der Waals surface area contributed by atoms with Gasteiger partial charge in [-0.25, -0.2) is 9.59 Å². The van der Waals surface area contributed by atoms with Gasteiger partial charge in [-0.15, -0.1) is 0 Å². The van der Waals surface area contributed by atoms with Crippen molar-refractivity contribution in [3.05, 3.63) is 23.8 Å². The number of urea groups is 1. The van der Waals surface area contributed by atoms with Gasteiger partial charge in [-0.05, 0) is 44.9 Å². The number of fused-ring (bicyclic) bond motifs is 1. The predicted octanol–water partition coefficient (Wildman–Crippen LogP) is 1.08. The van der Waals surface area contributed by atoms with Crippen LogP contribution in [0.25, 0.3) is 0 Å². The minimum absolute atomic E-state index is 0.116. The van der Waals surface area contributed by atoms with Crippen molar-refractivity contribution < 1.29 is 33.4 Å². The third-order valence-electron chi connectivity index (χ3n) is 4.00. The summed E-state index contributed by atoms with van der Waals surface area (Å²) in [4.78, 5) is 40.1. The molecule has 1 aromatic rings. The van der Waals surface area contributed by atoms with Crippen LogP contribution in [-0.2, 0) is 19.2 Å². The van der Waals surface area contributed by atoms with Gasteiger partial charge in [0.25, 0.3) is 5.91 Å². The number of esters is 1. The van der Waals surface area contributed by atoms with Crippen LogP contribution in [0.1, 0.15) is 32.3 Å². The summed E-state index contributed by atoms with van der Waals surface area (Å²) in [6.45, 7) is 2.76. The van der Waals surface area contributed by atoms with Crippen molar-refractivity contribution in [3.63, 3.8) is 0 Å².